The van der Waals surface area contributed by atoms with Crippen molar-refractivity contribution in [1.29, 1.82) is 0 Å². The van der Waals surface area contributed by atoms with Crippen LogP contribution in [0.1, 0.15) is 39.5 Å². The summed E-state index contributed by atoms with van der Waals surface area (Å²) < 4.78 is 5.52. The first kappa shape index (κ1) is 10.5. The Hall–Kier alpha value is 0.440. The average Bonchev–Trinajstić information content (AvgIpc) is 2.05. The zero-order valence-electron chi connectivity index (χ0n) is 8.05. The third kappa shape index (κ3) is 3.06. The molecule has 72 valence electrons. The molecule has 1 fully saturated rings. The lowest BCUT2D eigenvalue weighted by Gasteiger charge is -2.30. The van der Waals surface area contributed by atoms with E-state index < -0.39 is 0 Å². The van der Waals surface area contributed by atoms with E-state index in [1.165, 1.54) is 25.7 Å². The summed E-state index contributed by atoms with van der Waals surface area (Å²) in [5.74, 6) is 0.841. The molecule has 0 aromatic rings. The second-order valence-electron chi connectivity index (χ2n) is 3.77. The molecule has 0 N–H and O–H groups in total. The Morgan fingerprint density at radius 1 is 1.58 bits per heavy atom. The van der Waals surface area contributed by atoms with Crippen LogP contribution < -0.4 is 0 Å². The van der Waals surface area contributed by atoms with Gasteiger partial charge >= 0.3 is 0 Å². The van der Waals surface area contributed by atoms with Gasteiger partial charge < -0.3 is 4.74 Å². The van der Waals surface area contributed by atoms with Gasteiger partial charge in [-0.25, -0.2) is 0 Å². The van der Waals surface area contributed by atoms with Crippen molar-refractivity contribution in [3.8, 4) is 0 Å². The highest BCUT2D eigenvalue weighted by Gasteiger charge is 2.24. The summed E-state index contributed by atoms with van der Waals surface area (Å²) in [5, 5.41) is 0. The quantitative estimate of drug-likeness (QED) is 0.681. The van der Waals surface area contributed by atoms with Crippen molar-refractivity contribution in [3.63, 3.8) is 0 Å². The summed E-state index contributed by atoms with van der Waals surface area (Å²) in [4.78, 5) is 0.717. The summed E-state index contributed by atoms with van der Waals surface area (Å²) in [6.45, 7) is 5.38. The highest BCUT2D eigenvalue weighted by Crippen LogP contribution is 2.29. The van der Waals surface area contributed by atoms with E-state index in [1.807, 2.05) is 0 Å². The molecule has 1 aliphatic rings. The summed E-state index contributed by atoms with van der Waals surface area (Å²) >= 11 is 3.77. The largest absolute Gasteiger partial charge is 0.378 e. The van der Waals surface area contributed by atoms with Gasteiger partial charge in [-0.3, -0.25) is 0 Å². The molecule has 0 spiro atoms. The SMILES string of the molecule is CCCC(Br)C1CCOC(C)C1. The lowest BCUT2D eigenvalue weighted by atomic mass is 9.91. The lowest BCUT2D eigenvalue weighted by molar-refractivity contribution is 0.00227. The first-order chi connectivity index (χ1) is 5.74. The minimum Gasteiger partial charge on any atom is -0.378 e. The van der Waals surface area contributed by atoms with Crippen molar-refractivity contribution in [1.82, 2.24) is 0 Å². The van der Waals surface area contributed by atoms with Gasteiger partial charge in [-0.05, 0) is 32.1 Å². The second-order valence-corrected chi connectivity index (χ2v) is 4.95. The summed E-state index contributed by atoms with van der Waals surface area (Å²) in [5.41, 5.74) is 0. The van der Waals surface area contributed by atoms with Crippen LogP contribution in [0, 0.1) is 5.92 Å². The van der Waals surface area contributed by atoms with Crippen LogP contribution in [0.15, 0.2) is 0 Å². The Kier molecular flexibility index (Phi) is 4.59. The van der Waals surface area contributed by atoms with E-state index in [0.29, 0.717) is 10.9 Å². The van der Waals surface area contributed by atoms with E-state index in [9.17, 15) is 0 Å². The number of hydrogen-bond donors (Lipinski definition) is 0. The Balaban J connectivity index is 2.29. The van der Waals surface area contributed by atoms with Crippen LogP contribution in [0.3, 0.4) is 0 Å². The van der Waals surface area contributed by atoms with E-state index in [2.05, 4.69) is 29.8 Å². The molecular formula is C10H19BrO. The summed E-state index contributed by atoms with van der Waals surface area (Å²) in [6.07, 6.45) is 5.52. The third-order valence-electron chi connectivity index (χ3n) is 2.60. The zero-order chi connectivity index (χ0) is 8.97. The van der Waals surface area contributed by atoms with E-state index in [4.69, 9.17) is 4.74 Å². The van der Waals surface area contributed by atoms with E-state index in [-0.39, 0.29) is 0 Å². The van der Waals surface area contributed by atoms with Gasteiger partial charge in [0.25, 0.3) is 0 Å². The Bertz CT molecular complexity index is 127. The number of halogens is 1. The van der Waals surface area contributed by atoms with Gasteiger partial charge in [0.05, 0.1) is 6.10 Å². The fraction of sp³-hybridized carbons (Fsp3) is 1.00. The average molecular weight is 235 g/mol. The van der Waals surface area contributed by atoms with Gasteiger partial charge in [0.15, 0.2) is 0 Å². The zero-order valence-corrected chi connectivity index (χ0v) is 9.64. The molecule has 1 nitrogen and oxygen atoms in total. The lowest BCUT2D eigenvalue weighted by Crippen LogP contribution is -2.28. The smallest absolute Gasteiger partial charge is 0.0550 e. The second kappa shape index (κ2) is 5.23. The maximum atomic E-state index is 5.52. The minimum absolute atomic E-state index is 0.473. The third-order valence-corrected chi connectivity index (χ3v) is 3.81. The molecule has 12 heavy (non-hydrogen) atoms. The molecule has 0 saturated carbocycles. The molecule has 0 radical (unpaired) electrons. The predicted octanol–water partition coefficient (Wildman–Crippen LogP) is 3.37. The van der Waals surface area contributed by atoms with Crippen LogP contribution in [0.4, 0.5) is 0 Å². The highest BCUT2D eigenvalue weighted by atomic mass is 79.9. The standard InChI is InChI=1S/C10H19BrO/c1-3-4-10(11)9-5-6-12-8(2)7-9/h8-10H,3-7H2,1-2H3. The topological polar surface area (TPSA) is 9.23 Å². The molecule has 0 amide bonds. The predicted molar refractivity (Wildman–Crippen MR) is 55.8 cm³/mol. The fourth-order valence-electron chi connectivity index (χ4n) is 1.87. The van der Waals surface area contributed by atoms with Gasteiger partial charge in [0.2, 0.25) is 0 Å². The molecule has 1 heterocycles. The molecule has 0 aromatic heterocycles. The minimum atomic E-state index is 0.473. The molecule has 2 heteroatoms. The van der Waals surface area contributed by atoms with Crippen LogP contribution in [0.2, 0.25) is 0 Å². The normalized spacial score (nSPS) is 33.2. The van der Waals surface area contributed by atoms with Crippen LogP contribution in [0.5, 0.6) is 0 Å². The van der Waals surface area contributed by atoms with Crippen molar-refractivity contribution in [2.45, 2.75) is 50.5 Å². The van der Waals surface area contributed by atoms with Gasteiger partial charge in [0.1, 0.15) is 0 Å². The van der Waals surface area contributed by atoms with Crippen molar-refractivity contribution < 1.29 is 4.74 Å². The van der Waals surface area contributed by atoms with Crippen molar-refractivity contribution in [3.05, 3.63) is 0 Å². The maximum Gasteiger partial charge on any atom is 0.0550 e. The Morgan fingerprint density at radius 3 is 2.92 bits per heavy atom. The van der Waals surface area contributed by atoms with Crippen molar-refractivity contribution >= 4 is 15.9 Å². The van der Waals surface area contributed by atoms with Crippen molar-refractivity contribution in [2.24, 2.45) is 5.92 Å². The van der Waals surface area contributed by atoms with Gasteiger partial charge in [-0.1, -0.05) is 29.3 Å². The summed E-state index contributed by atoms with van der Waals surface area (Å²) in [6, 6.07) is 0. The van der Waals surface area contributed by atoms with Gasteiger partial charge in [-0.2, -0.15) is 0 Å². The fourth-order valence-corrected chi connectivity index (χ4v) is 2.81. The number of alkyl halides is 1. The molecule has 3 unspecified atom stereocenters. The van der Waals surface area contributed by atoms with Crippen LogP contribution >= 0.6 is 15.9 Å². The molecule has 0 aromatic carbocycles. The van der Waals surface area contributed by atoms with Crippen LogP contribution in [0.25, 0.3) is 0 Å². The number of rotatable bonds is 3. The first-order valence-corrected chi connectivity index (χ1v) is 5.91. The number of ether oxygens (including phenoxy) is 1. The maximum absolute atomic E-state index is 5.52. The molecular weight excluding hydrogens is 216 g/mol. The molecule has 1 saturated heterocycles. The van der Waals surface area contributed by atoms with Crippen LogP contribution in [-0.4, -0.2) is 17.5 Å². The van der Waals surface area contributed by atoms with E-state index in [0.717, 1.165) is 12.5 Å². The molecule has 0 aliphatic carbocycles. The van der Waals surface area contributed by atoms with Crippen molar-refractivity contribution in [2.75, 3.05) is 6.61 Å². The Morgan fingerprint density at radius 2 is 2.33 bits per heavy atom. The van der Waals surface area contributed by atoms with E-state index >= 15 is 0 Å². The molecule has 1 rings (SSSR count). The van der Waals surface area contributed by atoms with Gasteiger partial charge in [-0.15, -0.1) is 0 Å². The molecule has 1 aliphatic heterocycles. The Labute approximate surface area is 84.0 Å². The molecule has 3 atom stereocenters. The number of hydrogen-bond acceptors (Lipinski definition) is 1. The monoisotopic (exact) mass is 234 g/mol. The molecule has 0 bridgehead atoms. The van der Waals surface area contributed by atoms with Gasteiger partial charge in [0, 0.05) is 11.4 Å². The van der Waals surface area contributed by atoms with Crippen LogP contribution in [-0.2, 0) is 4.74 Å². The highest BCUT2D eigenvalue weighted by molar-refractivity contribution is 9.09. The summed E-state index contributed by atoms with van der Waals surface area (Å²) in [7, 11) is 0. The van der Waals surface area contributed by atoms with E-state index in [1.54, 1.807) is 0 Å². The first-order valence-electron chi connectivity index (χ1n) is 4.99.